The van der Waals surface area contributed by atoms with Gasteiger partial charge in [0.15, 0.2) is 37.0 Å². The van der Waals surface area contributed by atoms with Gasteiger partial charge in [-0.1, -0.05) is 53.2 Å². The molecule has 4 heterocycles. The standard InChI is InChI=1S/C55H86O22/c1-24-35(60)29(19-34(59)70-24)72-33-21-50(3,4)20-27-26-9-10-31-51(5)14-12-32(52(6,22-57)30(51)11-15-54(31,8)53(26,7)16-17-55(27,33)23-58)74-49-45(41(66)40(65)43(75-49)46(68)69)77-48-44(39(64)37(62)28(73-48)13-18-56)76-47-42(67)38(63)36(61)25(2)71-47/h9,23,25,27-34,36-45,47-49,56-57,59-67H,10-22H2,1-8H3,(H,68,69)/t25-,27+,28-,29+,30+,31+,32+,33+,34+,36+,37+,38-,39+,40+,41+,42-,43+,44-,45-,47+,48+,49-,51+,52-,53-,54+,55+/m1/s1. The SMILES string of the molecule is CC1=C(O)[C@@H](O[C@H]2CC(C)(C)C[C@H]3C4=CC[C@H]5[C@@]6(C)CC[C@H](O[C@@H]7O[C@H](C(=O)O)[C@@H](O)[C@H](O)[C@H]7O[C@@H]7O[C@H](CCO)[C@H](O)[C@H](O)[C@H]7O[C@@H]7O[C@H](C)[C@H](O)[C@@H](O)[C@H]7O)[C@](C)(CO)[C@H]6CC[C@]5(C)[C@]4(C)CC[C@@]23C=O)C[C@@H](O)O1. The lowest BCUT2D eigenvalue weighted by Gasteiger charge is -2.71. The Labute approximate surface area is 449 Å². The van der Waals surface area contributed by atoms with Crippen LogP contribution in [0.2, 0.25) is 0 Å². The van der Waals surface area contributed by atoms with E-state index >= 15 is 0 Å². The van der Waals surface area contributed by atoms with Gasteiger partial charge in [-0.25, -0.2) is 4.79 Å². The smallest absolute Gasteiger partial charge is 0.335 e. The first-order valence-corrected chi connectivity index (χ1v) is 27.8. The Kier molecular flexibility index (Phi) is 16.4. The molecule has 77 heavy (non-hydrogen) atoms. The summed E-state index contributed by atoms with van der Waals surface area (Å²) in [5, 5.41) is 131. The predicted molar refractivity (Wildman–Crippen MR) is 265 cm³/mol. The summed E-state index contributed by atoms with van der Waals surface area (Å²) >= 11 is 0. The maximum absolute atomic E-state index is 13.8. The maximum Gasteiger partial charge on any atom is 0.335 e. The van der Waals surface area contributed by atoms with E-state index in [4.69, 9.17) is 37.9 Å². The number of carbonyl (C=O) groups is 2. The molecular formula is C55H86O22. The van der Waals surface area contributed by atoms with Crippen molar-refractivity contribution in [2.24, 2.45) is 50.2 Å². The summed E-state index contributed by atoms with van der Waals surface area (Å²) in [5.74, 6) is -1.75. The number of hydrogen-bond acceptors (Lipinski definition) is 21. The van der Waals surface area contributed by atoms with Crippen LogP contribution in [0.25, 0.3) is 0 Å². The number of carboxylic acids is 1. The largest absolute Gasteiger partial charge is 0.506 e. The Morgan fingerprint density at radius 3 is 2.04 bits per heavy atom. The number of hydrogen-bond donors (Lipinski definition) is 12. The first-order chi connectivity index (χ1) is 36.1. The molecular weight excluding hydrogens is 1010 g/mol. The van der Waals surface area contributed by atoms with E-state index in [2.05, 4.69) is 40.7 Å². The van der Waals surface area contributed by atoms with Crippen molar-refractivity contribution in [3.63, 3.8) is 0 Å². The second-order valence-corrected chi connectivity index (χ2v) is 26.0. The van der Waals surface area contributed by atoms with Crippen LogP contribution in [-0.4, -0.2) is 203 Å². The predicted octanol–water partition coefficient (Wildman–Crippen LogP) is 1.19. The summed E-state index contributed by atoms with van der Waals surface area (Å²) in [6.45, 7) is 15.4. The minimum Gasteiger partial charge on any atom is -0.506 e. The van der Waals surface area contributed by atoms with E-state index in [9.17, 15) is 70.9 Å². The number of aliphatic hydroxyl groups excluding tert-OH is 11. The first-order valence-electron chi connectivity index (χ1n) is 27.8. The van der Waals surface area contributed by atoms with E-state index in [1.54, 1.807) is 6.92 Å². The minimum atomic E-state index is -2.10. The summed E-state index contributed by atoms with van der Waals surface area (Å²) in [7, 11) is 0. The van der Waals surface area contributed by atoms with E-state index in [0.29, 0.717) is 44.9 Å². The molecule has 9 rings (SSSR count). The first kappa shape index (κ1) is 59.2. The minimum absolute atomic E-state index is 0.0336. The summed E-state index contributed by atoms with van der Waals surface area (Å²) in [5.41, 5.74) is -1.89. The van der Waals surface area contributed by atoms with Crippen LogP contribution in [0.3, 0.4) is 0 Å². The van der Waals surface area contributed by atoms with Gasteiger partial charge in [0.05, 0.1) is 36.4 Å². The summed E-state index contributed by atoms with van der Waals surface area (Å²) in [6, 6.07) is 0. The van der Waals surface area contributed by atoms with Crippen LogP contribution < -0.4 is 0 Å². The fourth-order valence-electron chi connectivity index (χ4n) is 16.6. The van der Waals surface area contributed by atoms with Crippen LogP contribution in [0.5, 0.6) is 0 Å². The number of aliphatic hydroxyl groups is 11. The monoisotopic (exact) mass is 1100 g/mol. The number of rotatable bonds is 13. The van der Waals surface area contributed by atoms with Crippen LogP contribution >= 0.6 is 0 Å². The van der Waals surface area contributed by atoms with Crippen molar-refractivity contribution >= 4 is 12.3 Å². The molecule has 22 heteroatoms. The van der Waals surface area contributed by atoms with Crippen molar-refractivity contribution in [3.05, 3.63) is 23.2 Å². The average molecular weight is 1100 g/mol. The van der Waals surface area contributed by atoms with Gasteiger partial charge in [0, 0.05) is 18.4 Å². The third-order valence-corrected chi connectivity index (χ3v) is 21.3. The molecule has 0 aromatic rings. The fourth-order valence-corrected chi connectivity index (χ4v) is 16.6. The number of carboxylic acid groups (broad SMARTS) is 1. The van der Waals surface area contributed by atoms with E-state index in [1.165, 1.54) is 12.5 Å². The second-order valence-electron chi connectivity index (χ2n) is 26.0. The Balaban J connectivity index is 0.994. The highest BCUT2D eigenvalue weighted by molar-refractivity contribution is 5.73. The molecule has 0 amide bonds. The molecule has 5 aliphatic carbocycles. The molecule has 27 atom stereocenters. The van der Waals surface area contributed by atoms with Crippen LogP contribution in [0, 0.1) is 50.2 Å². The lowest BCUT2D eigenvalue weighted by Crippen LogP contribution is -2.68. The number of aliphatic carboxylic acids is 1. The normalized spacial score (nSPS) is 52.7. The molecule has 12 N–H and O–H groups in total. The van der Waals surface area contributed by atoms with Gasteiger partial charge < -0.3 is 104 Å². The molecule has 0 bridgehead atoms. The Morgan fingerprint density at radius 1 is 0.727 bits per heavy atom. The van der Waals surface area contributed by atoms with Gasteiger partial charge in [-0.2, -0.15) is 0 Å². The lowest BCUT2D eigenvalue weighted by atomic mass is 9.33. The van der Waals surface area contributed by atoms with E-state index < -0.39 is 146 Å². The van der Waals surface area contributed by atoms with Crippen LogP contribution in [0.4, 0.5) is 0 Å². The molecule has 0 radical (unpaired) electrons. The highest BCUT2D eigenvalue weighted by Crippen LogP contribution is 2.76. The van der Waals surface area contributed by atoms with Crippen LogP contribution in [-0.2, 0) is 47.5 Å². The van der Waals surface area contributed by atoms with Crippen molar-refractivity contribution in [2.45, 2.75) is 243 Å². The third-order valence-electron chi connectivity index (χ3n) is 21.3. The Morgan fingerprint density at radius 2 is 1.39 bits per heavy atom. The molecule has 9 aliphatic rings. The van der Waals surface area contributed by atoms with Gasteiger partial charge >= 0.3 is 5.97 Å². The summed E-state index contributed by atoms with van der Waals surface area (Å²) in [4.78, 5) is 26.4. The Hall–Kier alpha value is -2.46. The van der Waals surface area contributed by atoms with E-state index in [-0.39, 0.29) is 65.0 Å². The molecule has 438 valence electrons. The molecule has 0 aromatic carbocycles. The van der Waals surface area contributed by atoms with Crippen molar-refractivity contribution in [3.8, 4) is 0 Å². The van der Waals surface area contributed by atoms with Crippen molar-refractivity contribution in [2.75, 3.05) is 13.2 Å². The quantitative estimate of drug-likeness (QED) is 0.0700. The van der Waals surface area contributed by atoms with Gasteiger partial charge in [0.25, 0.3) is 0 Å². The van der Waals surface area contributed by atoms with Crippen molar-refractivity contribution in [1.29, 1.82) is 0 Å². The number of fused-ring (bicyclic) bond motifs is 7. The average Bonchev–Trinajstić information content (AvgIpc) is 3.53. The molecule has 0 aromatic heterocycles. The zero-order valence-corrected chi connectivity index (χ0v) is 45.5. The third kappa shape index (κ3) is 9.65. The zero-order chi connectivity index (χ0) is 56.3. The van der Waals surface area contributed by atoms with Gasteiger partial charge in [0.1, 0.15) is 73.1 Å². The molecule has 3 saturated heterocycles. The molecule has 4 saturated carbocycles. The van der Waals surface area contributed by atoms with E-state index in [1.807, 2.05) is 6.92 Å². The Bertz CT molecular complexity index is 2230. The van der Waals surface area contributed by atoms with Gasteiger partial charge in [0.2, 0.25) is 0 Å². The maximum atomic E-state index is 13.8. The molecule has 22 nitrogen and oxygen atoms in total. The lowest BCUT2D eigenvalue weighted by molar-refractivity contribution is -0.395. The van der Waals surface area contributed by atoms with Gasteiger partial charge in [-0.3, -0.25) is 0 Å². The number of allylic oxidation sites excluding steroid dienone is 3. The summed E-state index contributed by atoms with van der Waals surface area (Å²) in [6.07, 6.45) is -20.8. The van der Waals surface area contributed by atoms with E-state index in [0.717, 1.165) is 19.1 Å². The van der Waals surface area contributed by atoms with Gasteiger partial charge in [-0.15, -0.1) is 0 Å². The number of ether oxygens (including phenoxy) is 8. The highest BCUT2D eigenvalue weighted by Gasteiger charge is 2.71. The zero-order valence-electron chi connectivity index (χ0n) is 45.5. The molecule has 0 unspecified atom stereocenters. The summed E-state index contributed by atoms with van der Waals surface area (Å²) < 4.78 is 48.8. The molecule has 4 aliphatic heterocycles. The topological polar surface area (TPSA) is 351 Å². The molecule has 7 fully saturated rings. The van der Waals surface area contributed by atoms with Crippen LogP contribution in [0.1, 0.15) is 126 Å². The van der Waals surface area contributed by atoms with Gasteiger partial charge in [-0.05, 0) is 117 Å². The van der Waals surface area contributed by atoms with Crippen molar-refractivity contribution in [1.82, 2.24) is 0 Å². The highest BCUT2D eigenvalue weighted by atomic mass is 16.8. The fraction of sp³-hybridized carbons (Fsp3) is 0.891. The van der Waals surface area contributed by atoms with Crippen LogP contribution in [0.15, 0.2) is 23.2 Å². The molecule has 0 spiro atoms. The van der Waals surface area contributed by atoms with Crippen molar-refractivity contribution < 1.29 is 109 Å². The number of aldehydes is 1. The number of carbonyl (C=O) groups excluding carboxylic acids is 1. The second kappa shape index (κ2) is 21.4.